The van der Waals surface area contributed by atoms with Crippen molar-refractivity contribution in [2.24, 2.45) is 0 Å². The predicted molar refractivity (Wildman–Crippen MR) is 66.9 cm³/mol. The van der Waals surface area contributed by atoms with E-state index in [1.54, 1.807) is 6.07 Å². The number of nitrogens with zero attached hydrogens (tertiary/aromatic N) is 1. The highest BCUT2D eigenvalue weighted by molar-refractivity contribution is 5.94. The van der Waals surface area contributed by atoms with E-state index in [4.69, 9.17) is 9.47 Å². The Kier molecular flexibility index (Phi) is 2.63. The molecule has 0 unspecified atom stereocenters. The molecule has 4 heteroatoms. The van der Waals surface area contributed by atoms with E-state index in [-0.39, 0.29) is 5.97 Å². The molecule has 0 bridgehead atoms. The van der Waals surface area contributed by atoms with Crippen LogP contribution in [-0.4, -0.2) is 24.7 Å². The first kappa shape index (κ1) is 11.0. The maximum atomic E-state index is 11.5. The molecule has 0 fully saturated rings. The first-order valence-corrected chi connectivity index (χ1v) is 5.93. The molecule has 1 aromatic carbocycles. The Hall–Kier alpha value is -2.10. The summed E-state index contributed by atoms with van der Waals surface area (Å²) in [5, 5.41) is 0.946. The normalized spacial score (nSPS) is 13.8. The Balaban J connectivity index is 2.13. The molecule has 0 spiro atoms. The lowest BCUT2D eigenvalue weighted by Crippen LogP contribution is -2.10. The third kappa shape index (κ3) is 1.79. The number of rotatable bonds is 1. The summed E-state index contributed by atoms with van der Waals surface area (Å²) in [6.45, 7) is 0.728. The highest BCUT2D eigenvalue weighted by Gasteiger charge is 2.14. The number of carbonyl (C=O) groups is 1. The number of benzene rings is 1. The van der Waals surface area contributed by atoms with Crippen molar-refractivity contribution in [3.8, 4) is 5.88 Å². The minimum absolute atomic E-state index is 0.328. The summed E-state index contributed by atoms with van der Waals surface area (Å²) in [5.41, 5.74) is 2.49. The molecule has 2 aromatic rings. The van der Waals surface area contributed by atoms with Crippen LogP contribution in [0.25, 0.3) is 10.9 Å². The summed E-state index contributed by atoms with van der Waals surface area (Å²) in [4.78, 5) is 15.9. The molecule has 0 amide bonds. The number of methoxy groups -OCH3 is 1. The van der Waals surface area contributed by atoms with Crippen LogP contribution in [0.5, 0.6) is 5.88 Å². The molecule has 0 N–H and O–H groups in total. The lowest BCUT2D eigenvalue weighted by molar-refractivity contribution is 0.0601. The van der Waals surface area contributed by atoms with Crippen LogP contribution >= 0.6 is 0 Å². The van der Waals surface area contributed by atoms with Crippen molar-refractivity contribution >= 4 is 16.9 Å². The van der Waals surface area contributed by atoms with Crippen LogP contribution in [0.4, 0.5) is 0 Å². The number of esters is 1. The summed E-state index contributed by atoms with van der Waals surface area (Å²) in [5.74, 6) is 0.394. The number of pyridine rings is 1. The second-order valence-corrected chi connectivity index (χ2v) is 4.30. The maximum absolute atomic E-state index is 11.5. The van der Waals surface area contributed by atoms with Gasteiger partial charge in [-0.15, -0.1) is 0 Å². The standard InChI is InChI=1S/C14H13NO3/c1-17-14(16)10-4-5-12-11(8-10)7-9-3-2-6-18-13(9)15-12/h4-5,7-8H,2-3,6H2,1H3. The molecule has 1 aliphatic rings. The summed E-state index contributed by atoms with van der Waals surface area (Å²) < 4.78 is 10.2. The number of ether oxygens (including phenoxy) is 2. The Bertz CT molecular complexity index is 622. The Labute approximate surface area is 105 Å². The van der Waals surface area contributed by atoms with Gasteiger partial charge in [0, 0.05) is 10.9 Å². The number of fused-ring (bicyclic) bond motifs is 2. The number of aryl methyl sites for hydroxylation is 1. The van der Waals surface area contributed by atoms with Crippen LogP contribution in [0.15, 0.2) is 24.3 Å². The van der Waals surface area contributed by atoms with E-state index in [0.29, 0.717) is 5.56 Å². The Morgan fingerprint density at radius 1 is 1.39 bits per heavy atom. The molecular formula is C14H13NO3. The van der Waals surface area contributed by atoms with E-state index in [1.807, 2.05) is 18.2 Å². The molecule has 92 valence electrons. The third-order valence-corrected chi connectivity index (χ3v) is 3.10. The molecule has 0 radical (unpaired) electrons. The zero-order chi connectivity index (χ0) is 12.5. The largest absolute Gasteiger partial charge is 0.477 e. The van der Waals surface area contributed by atoms with Gasteiger partial charge in [-0.3, -0.25) is 0 Å². The fourth-order valence-electron chi connectivity index (χ4n) is 2.18. The van der Waals surface area contributed by atoms with Gasteiger partial charge in [-0.25, -0.2) is 9.78 Å². The molecule has 0 atom stereocenters. The topological polar surface area (TPSA) is 48.4 Å². The molecule has 18 heavy (non-hydrogen) atoms. The first-order chi connectivity index (χ1) is 8.78. The van der Waals surface area contributed by atoms with Gasteiger partial charge in [0.25, 0.3) is 0 Å². The summed E-state index contributed by atoms with van der Waals surface area (Å²) >= 11 is 0. The van der Waals surface area contributed by atoms with Crippen LogP contribution in [-0.2, 0) is 11.2 Å². The van der Waals surface area contributed by atoms with Crippen LogP contribution in [0.3, 0.4) is 0 Å². The second kappa shape index (κ2) is 4.29. The number of hydrogen-bond donors (Lipinski definition) is 0. The number of hydrogen-bond acceptors (Lipinski definition) is 4. The minimum Gasteiger partial charge on any atom is -0.477 e. The van der Waals surface area contributed by atoms with Gasteiger partial charge in [0.15, 0.2) is 0 Å². The van der Waals surface area contributed by atoms with Gasteiger partial charge in [0.2, 0.25) is 5.88 Å². The van der Waals surface area contributed by atoms with E-state index in [9.17, 15) is 4.79 Å². The molecule has 0 saturated heterocycles. The molecule has 4 nitrogen and oxygen atoms in total. The molecule has 2 heterocycles. The SMILES string of the molecule is COC(=O)c1ccc2nc3c(cc2c1)CCCO3. The van der Waals surface area contributed by atoms with Gasteiger partial charge in [-0.05, 0) is 37.1 Å². The molecule has 0 saturated carbocycles. The second-order valence-electron chi connectivity index (χ2n) is 4.30. The zero-order valence-electron chi connectivity index (χ0n) is 10.1. The highest BCUT2D eigenvalue weighted by atomic mass is 16.5. The fourth-order valence-corrected chi connectivity index (χ4v) is 2.18. The highest BCUT2D eigenvalue weighted by Crippen LogP contribution is 2.27. The van der Waals surface area contributed by atoms with Crippen LogP contribution in [0, 0.1) is 0 Å². The third-order valence-electron chi connectivity index (χ3n) is 3.10. The van der Waals surface area contributed by atoms with Crippen molar-refractivity contribution < 1.29 is 14.3 Å². The van der Waals surface area contributed by atoms with Crippen LogP contribution in [0.1, 0.15) is 22.3 Å². The number of carbonyl (C=O) groups excluding carboxylic acids is 1. The van der Waals surface area contributed by atoms with Crippen molar-refractivity contribution in [3.05, 3.63) is 35.4 Å². The predicted octanol–water partition coefficient (Wildman–Crippen LogP) is 2.35. The summed E-state index contributed by atoms with van der Waals surface area (Å²) in [7, 11) is 1.38. The monoisotopic (exact) mass is 243 g/mol. The van der Waals surface area contributed by atoms with Crippen molar-refractivity contribution in [1.29, 1.82) is 0 Å². The Morgan fingerprint density at radius 3 is 3.11 bits per heavy atom. The van der Waals surface area contributed by atoms with Gasteiger partial charge in [0.1, 0.15) is 0 Å². The van der Waals surface area contributed by atoms with Gasteiger partial charge in [-0.2, -0.15) is 0 Å². The first-order valence-electron chi connectivity index (χ1n) is 5.93. The minimum atomic E-state index is -0.328. The van der Waals surface area contributed by atoms with Crippen molar-refractivity contribution in [2.45, 2.75) is 12.8 Å². The maximum Gasteiger partial charge on any atom is 0.337 e. The average molecular weight is 243 g/mol. The number of aromatic nitrogens is 1. The van der Waals surface area contributed by atoms with Gasteiger partial charge >= 0.3 is 5.97 Å². The summed E-state index contributed by atoms with van der Waals surface area (Å²) in [6.07, 6.45) is 1.98. The smallest absolute Gasteiger partial charge is 0.337 e. The van der Waals surface area contributed by atoms with Crippen molar-refractivity contribution in [1.82, 2.24) is 4.98 Å². The van der Waals surface area contributed by atoms with E-state index >= 15 is 0 Å². The molecule has 1 aliphatic heterocycles. The quantitative estimate of drug-likeness (QED) is 0.721. The van der Waals surface area contributed by atoms with E-state index < -0.39 is 0 Å². The molecular weight excluding hydrogens is 230 g/mol. The summed E-state index contributed by atoms with van der Waals surface area (Å²) in [6, 6.07) is 7.39. The lowest BCUT2D eigenvalue weighted by atomic mass is 10.0. The van der Waals surface area contributed by atoms with Gasteiger partial charge < -0.3 is 9.47 Å². The van der Waals surface area contributed by atoms with Crippen molar-refractivity contribution in [2.75, 3.05) is 13.7 Å². The van der Waals surface area contributed by atoms with Crippen LogP contribution in [0.2, 0.25) is 0 Å². The van der Waals surface area contributed by atoms with Gasteiger partial charge in [0.05, 0.1) is 24.8 Å². The lowest BCUT2D eigenvalue weighted by Gasteiger charge is -2.16. The van der Waals surface area contributed by atoms with Gasteiger partial charge in [-0.1, -0.05) is 0 Å². The molecule has 0 aliphatic carbocycles. The van der Waals surface area contributed by atoms with E-state index in [1.165, 1.54) is 7.11 Å². The molecule has 3 rings (SSSR count). The van der Waals surface area contributed by atoms with Crippen molar-refractivity contribution in [3.63, 3.8) is 0 Å². The van der Waals surface area contributed by atoms with E-state index in [0.717, 1.165) is 41.8 Å². The fraction of sp³-hybridized carbons (Fsp3) is 0.286. The van der Waals surface area contributed by atoms with E-state index in [2.05, 4.69) is 4.98 Å². The Morgan fingerprint density at radius 2 is 2.28 bits per heavy atom. The average Bonchev–Trinajstić information content (AvgIpc) is 2.43. The zero-order valence-corrected chi connectivity index (χ0v) is 10.1. The van der Waals surface area contributed by atoms with Crippen LogP contribution < -0.4 is 4.74 Å². The molecule has 1 aromatic heterocycles.